The molecule has 1 amide bonds. The zero-order valence-corrected chi connectivity index (χ0v) is 8.88. The van der Waals surface area contributed by atoms with Gasteiger partial charge in [-0.2, -0.15) is 0 Å². The quantitative estimate of drug-likeness (QED) is 0.690. The van der Waals surface area contributed by atoms with Crippen LogP contribution in [-0.4, -0.2) is 18.5 Å². The van der Waals surface area contributed by atoms with E-state index in [9.17, 15) is 4.79 Å². The largest absolute Gasteiger partial charge is 0.355 e. The molecule has 2 aliphatic rings. The first-order valence-corrected chi connectivity index (χ1v) is 5.65. The van der Waals surface area contributed by atoms with Gasteiger partial charge in [-0.15, -0.1) is 0 Å². The average molecular weight is 196 g/mol. The minimum absolute atomic E-state index is 0.0221. The topological polar surface area (TPSA) is 55.1 Å². The molecule has 2 rings (SSSR count). The maximum absolute atomic E-state index is 11.4. The van der Waals surface area contributed by atoms with E-state index in [4.69, 9.17) is 5.73 Å². The summed E-state index contributed by atoms with van der Waals surface area (Å²) in [7, 11) is 0. The average Bonchev–Trinajstić information content (AvgIpc) is 2.94. The van der Waals surface area contributed by atoms with E-state index in [0.717, 1.165) is 12.5 Å². The van der Waals surface area contributed by atoms with Crippen LogP contribution in [0.1, 0.15) is 39.0 Å². The first-order chi connectivity index (χ1) is 6.62. The number of nitrogens with one attached hydrogen (secondary N) is 1. The van der Waals surface area contributed by atoms with Crippen molar-refractivity contribution in [3.63, 3.8) is 0 Å². The molecule has 0 heterocycles. The lowest BCUT2D eigenvalue weighted by molar-refractivity contribution is -0.121. The Hall–Kier alpha value is -0.570. The Labute approximate surface area is 85.4 Å². The van der Waals surface area contributed by atoms with Gasteiger partial charge in [-0.05, 0) is 43.9 Å². The van der Waals surface area contributed by atoms with Crippen LogP contribution in [0.5, 0.6) is 0 Å². The highest BCUT2D eigenvalue weighted by Gasteiger charge is 2.53. The molecule has 3 heteroatoms. The van der Waals surface area contributed by atoms with Crippen LogP contribution in [0.4, 0.5) is 0 Å². The number of carbonyl (C=O) groups excluding carboxylic acids is 1. The van der Waals surface area contributed by atoms with E-state index >= 15 is 0 Å². The van der Waals surface area contributed by atoms with Crippen LogP contribution in [0.15, 0.2) is 0 Å². The molecule has 1 unspecified atom stereocenters. The van der Waals surface area contributed by atoms with Gasteiger partial charge in [0.05, 0.1) is 0 Å². The van der Waals surface area contributed by atoms with Gasteiger partial charge in [-0.3, -0.25) is 4.79 Å². The van der Waals surface area contributed by atoms with Crippen molar-refractivity contribution >= 4 is 5.91 Å². The second kappa shape index (κ2) is 3.54. The van der Waals surface area contributed by atoms with Gasteiger partial charge in [0.25, 0.3) is 0 Å². The number of amides is 1. The molecule has 0 aromatic carbocycles. The van der Waals surface area contributed by atoms with Crippen LogP contribution in [0.2, 0.25) is 0 Å². The van der Waals surface area contributed by atoms with Gasteiger partial charge in [0, 0.05) is 19.0 Å². The molecule has 2 saturated carbocycles. The van der Waals surface area contributed by atoms with Crippen LogP contribution in [0, 0.1) is 11.3 Å². The number of carbonyl (C=O) groups is 1. The third-order valence-corrected chi connectivity index (χ3v) is 3.48. The summed E-state index contributed by atoms with van der Waals surface area (Å²) < 4.78 is 0. The fraction of sp³-hybridized carbons (Fsp3) is 0.909. The van der Waals surface area contributed by atoms with Crippen LogP contribution in [0.3, 0.4) is 0 Å². The highest BCUT2D eigenvalue weighted by atomic mass is 16.1. The molecule has 0 radical (unpaired) electrons. The van der Waals surface area contributed by atoms with Crippen LogP contribution >= 0.6 is 0 Å². The van der Waals surface area contributed by atoms with E-state index in [-0.39, 0.29) is 11.9 Å². The fourth-order valence-electron chi connectivity index (χ4n) is 2.22. The van der Waals surface area contributed by atoms with Crippen LogP contribution in [-0.2, 0) is 4.79 Å². The van der Waals surface area contributed by atoms with Gasteiger partial charge in [-0.25, -0.2) is 0 Å². The predicted molar refractivity (Wildman–Crippen MR) is 55.7 cm³/mol. The highest BCUT2D eigenvalue weighted by Crippen LogP contribution is 2.60. The summed E-state index contributed by atoms with van der Waals surface area (Å²) in [5, 5.41) is 3.02. The van der Waals surface area contributed by atoms with Crippen molar-refractivity contribution in [2.45, 2.75) is 45.1 Å². The molecule has 3 nitrogen and oxygen atoms in total. The molecule has 0 aromatic heterocycles. The van der Waals surface area contributed by atoms with Gasteiger partial charge < -0.3 is 11.1 Å². The second-order valence-electron chi connectivity index (χ2n) is 5.09. The Balaban J connectivity index is 1.69. The minimum Gasteiger partial charge on any atom is -0.355 e. The van der Waals surface area contributed by atoms with Gasteiger partial charge >= 0.3 is 0 Å². The van der Waals surface area contributed by atoms with E-state index in [0.29, 0.717) is 11.8 Å². The van der Waals surface area contributed by atoms with E-state index in [1.54, 1.807) is 0 Å². The van der Waals surface area contributed by atoms with Gasteiger partial charge in [-0.1, -0.05) is 0 Å². The summed E-state index contributed by atoms with van der Waals surface area (Å²) in [5.41, 5.74) is 6.07. The monoisotopic (exact) mass is 196 g/mol. The van der Waals surface area contributed by atoms with E-state index in [2.05, 4.69) is 5.32 Å². The van der Waals surface area contributed by atoms with Crippen molar-refractivity contribution in [2.24, 2.45) is 17.1 Å². The van der Waals surface area contributed by atoms with E-state index in [1.165, 1.54) is 25.7 Å². The third kappa shape index (κ3) is 2.27. The SMILES string of the molecule is CC(N)CC(=O)NCC1(C2CC2)CC1. The van der Waals surface area contributed by atoms with E-state index in [1.807, 2.05) is 6.92 Å². The summed E-state index contributed by atoms with van der Waals surface area (Å²) in [6.45, 7) is 2.76. The molecule has 0 aliphatic heterocycles. The predicted octanol–water partition coefficient (Wildman–Crippen LogP) is 1.03. The van der Waals surface area contributed by atoms with Crippen molar-refractivity contribution in [1.82, 2.24) is 5.32 Å². The number of rotatable bonds is 5. The molecule has 0 spiro atoms. The maximum Gasteiger partial charge on any atom is 0.221 e. The Morgan fingerprint density at radius 3 is 2.64 bits per heavy atom. The molecule has 14 heavy (non-hydrogen) atoms. The molecule has 0 saturated heterocycles. The second-order valence-corrected chi connectivity index (χ2v) is 5.09. The normalized spacial score (nSPS) is 25.6. The van der Waals surface area contributed by atoms with Crippen molar-refractivity contribution in [3.8, 4) is 0 Å². The summed E-state index contributed by atoms with van der Waals surface area (Å²) in [6, 6.07) is -0.0221. The number of nitrogens with two attached hydrogens (primary N) is 1. The van der Waals surface area contributed by atoms with Crippen molar-refractivity contribution in [3.05, 3.63) is 0 Å². The smallest absolute Gasteiger partial charge is 0.221 e. The molecule has 2 aliphatic carbocycles. The Morgan fingerprint density at radius 2 is 2.21 bits per heavy atom. The Bertz CT molecular complexity index is 229. The fourth-order valence-corrected chi connectivity index (χ4v) is 2.22. The lowest BCUT2D eigenvalue weighted by Gasteiger charge is -2.15. The molecular formula is C11H20N2O. The van der Waals surface area contributed by atoms with Crippen molar-refractivity contribution in [2.75, 3.05) is 6.54 Å². The van der Waals surface area contributed by atoms with Gasteiger partial charge in [0.2, 0.25) is 5.91 Å². The minimum atomic E-state index is -0.0221. The molecule has 1 atom stereocenters. The Morgan fingerprint density at radius 1 is 1.57 bits per heavy atom. The molecular weight excluding hydrogens is 176 g/mol. The van der Waals surface area contributed by atoms with Crippen molar-refractivity contribution < 1.29 is 4.79 Å². The first-order valence-electron chi connectivity index (χ1n) is 5.65. The number of hydrogen-bond acceptors (Lipinski definition) is 2. The maximum atomic E-state index is 11.4. The summed E-state index contributed by atoms with van der Waals surface area (Å²) in [4.78, 5) is 11.4. The Kier molecular flexibility index (Phi) is 2.52. The molecule has 80 valence electrons. The zero-order valence-electron chi connectivity index (χ0n) is 8.88. The first kappa shape index (κ1) is 9.97. The van der Waals surface area contributed by atoms with Gasteiger partial charge in [0.15, 0.2) is 0 Å². The van der Waals surface area contributed by atoms with Gasteiger partial charge in [0.1, 0.15) is 0 Å². The van der Waals surface area contributed by atoms with E-state index < -0.39 is 0 Å². The van der Waals surface area contributed by atoms with Crippen LogP contribution in [0.25, 0.3) is 0 Å². The van der Waals surface area contributed by atoms with Crippen molar-refractivity contribution in [1.29, 1.82) is 0 Å². The summed E-state index contributed by atoms with van der Waals surface area (Å²) >= 11 is 0. The molecule has 0 aromatic rings. The number of hydrogen-bond donors (Lipinski definition) is 2. The van der Waals surface area contributed by atoms with Crippen LogP contribution < -0.4 is 11.1 Å². The molecule has 2 fully saturated rings. The lowest BCUT2D eigenvalue weighted by atomic mass is 10.0. The molecule has 0 bridgehead atoms. The highest BCUT2D eigenvalue weighted by molar-refractivity contribution is 5.76. The third-order valence-electron chi connectivity index (χ3n) is 3.48. The summed E-state index contributed by atoms with van der Waals surface area (Å²) in [5.74, 6) is 1.03. The zero-order chi connectivity index (χ0) is 10.2. The molecule has 3 N–H and O–H groups in total. The summed E-state index contributed by atoms with van der Waals surface area (Å²) in [6.07, 6.45) is 5.85. The lowest BCUT2D eigenvalue weighted by Crippen LogP contribution is -2.34. The standard InChI is InChI=1S/C11H20N2O/c1-8(12)6-10(14)13-7-11(4-5-11)9-2-3-9/h8-9H,2-7,12H2,1H3,(H,13,14).